The second-order valence-electron chi connectivity index (χ2n) is 7.50. The van der Waals surface area contributed by atoms with E-state index in [1.165, 1.54) is 23.4 Å². The van der Waals surface area contributed by atoms with Crippen LogP contribution >= 0.6 is 11.3 Å². The van der Waals surface area contributed by atoms with Crippen molar-refractivity contribution in [2.24, 2.45) is 10.9 Å². The normalized spacial score (nSPS) is 21.1. The zero-order valence-electron chi connectivity index (χ0n) is 16.8. The number of aromatic nitrogens is 1. The van der Waals surface area contributed by atoms with Crippen molar-refractivity contribution in [1.29, 1.82) is 10.5 Å². The van der Waals surface area contributed by atoms with Crippen LogP contribution in [0.5, 0.6) is 5.75 Å². The molecule has 0 saturated heterocycles. The standard InChI is InChI=1S/C23H22N4OS/c1-13-17(12-25)22(16-9-8-15(11-24)10-19(16)28-3)21(14(2)26-13)23-27-18-6-4-5-7-20(18)29-23/h8-10,17,22H,4-7H2,1-3H3. The van der Waals surface area contributed by atoms with Gasteiger partial charge in [-0.1, -0.05) is 6.07 Å². The number of nitrogens with zero attached hydrogens (tertiary/aromatic N) is 4. The second kappa shape index (κ2) is 7.81. The van der Waals surface area contributed by atoms with Gasteiger partial charge in [-0.3, -0.25) is 4.99 Å². The Kier molecular flexibility index (Phi) is 5.22. The van der Waals surface area contributed by atoms with Gasteiger partial charge in [-0.2, -0.15) is 10.5 Å². The van der Waals surface area contributed by atoms with Crippen LogP contribution in [0, 0.1) is 28.6 Å². The lowest BCUT2D eigenvalue weighted by atomic mass is 9.76. The van der Waals surface area contributed by atoms with E-state index < -0.39 is 5.92 Å². The van der Waals surface area contributed by atoms with Crippen molar-refractivity contribution in [2.45, 2.75) is 45.4 Å². The van der Waals surface area contributed by atoms with Gasteiger partial charge in [0.1, 0.15) is 10.8 Å². The first-order valence-corrected chi connectivity index (χ1v) is 10.6. The molecule has 0 N–H and O–H groups in total. The van der Waals surface area contributed by atoms with Crippen molar-refractivity contribution in [2.75, 3.05) is 7.11 Å². The van der Waals surface area contributed by atoms with Crippen LogP contribution in [0.2, 0.25) is 0 Å². The highest BCUT2D eigenvalue weighted by Crippen LogP contribution is 2.48. The maximum Gasteiger partial charge on any atom is 0.124 e. The fourth-order valence-electron chi connectivity index (χ4n) is 4.32. The summed E-state index contributed by atoms with van der Waals surface area (Å²) in [5, 5.41) is 20.2. The largest absolute Gasteiger partial charge is 0.496 e. The van der Waals surface area contributed by atoms with Gasteiger partial charge >= 0.3 is 0 Å². The molecule has 0 saturated carbocycles. The van der Waals surface area contributed by atoms with Gasteiger partial charge < -0.3 is 4.74 Å². The SMILES string of the molecule is COc1cc(C#N)ccc1C1C(c2nc3c(s2)CCCC3)=C(C)N=C(C)C1C#N. The van der Waals surface area contributed by atoms with Crippen molar-refractivity contribution in [3.8, 4) is 17.9 Å². The van der Waals surface area contributed by atoms with Crippen molar-refractivity contribution in [3.05, 3.63) is 50.6 Å². The summed E-state index contributed by atoms with van der Waals surface area (Å²) in [7, 11) is 1.60. The van der Waals surface area contributed by atoms with Gasteiger partial charge in [0, 0.05) is 33.3 Å². The van der Waals surface area contributed by atoms with Gasteiger partial charge in [0.05, 0.1) is 36.4 Å². The Bertz CT molecular complexity index is 1090. The lowest BCUT2D eigenvalue weighted by Gasteiger charge is -2.30. The van der Waals surface area contributed by atoms with E-state index in [0.717, 1.165) is 40.4 Å². The summed E-state index contributed by atoms with van der Waals surface area (Å²) in [5.74, 6) is -0.0140. The third-order valence-electron chi connectivity index (χ3n) is 5.74. The molecule has 29 heavy (non-hydrogen) atoms. The van der Waals surface area contributed by atoms with E-state index in [1.807, 2.05) is 19.9 Å². The molecule has 1 aromatic carbocycles. The molecule has 2 aromatic rings. The molecule has 1 aromatic heterocycles. The Morgan fingerprint density at radius 3 is 2.66 bits per heavy atom. The molecule has 5 nitrogen and oxygen atoms in total. The number of allylic oxidation sites excluding steroid dienone is 2. The first kappa shape index (κ1) is 19.4. The van der Waals surface area contributed by atoms with E-state index in [9.17, 15) is 10.5 Å². The summed E-state index contributed by atoms with van der Waals surface area (Å²) in [4.78, 5) is 11.0. The molecule has 0 bridgehead atoms. The van der Waals surface area contributed by atoms with Crippen molar-refractivity contribution < 1.29 is 4.74 Å². The number of rotatable bonds is 3. The number of hydrogen-bond donors (Lipinski definition) is 0. The summed E-state index contributed by atoms with van der Waals surface area (Å²) in [6, 6.07) is 10.0. The molecule has 0 amide bonds. The lowest BCUT2D eigenvalue weighted by molar-refractivity contribution is 0.407. The van der Waals surface area contributed by atoms with Gasteiger partial charge in [-0.25, -0.2) is 4.98 Å². The van der Waals surface area contributed by atoms with E-state index >= 15 is 0 Å². The van der Waals surface area contributed by atoms with Gasteiger partial charge in [0.15, 0.2) is 0 Å². The third kappa shape index (κ3) is 3.34. The highest BCUT2D eigenvalue weighted by Gasteiger charge is 2.37. The number of thiazole rings is 1. The summed E-state index contributed by atoms with van der Waals surface area (Å²) in [6.07, 6.45) is 4.48. The minimum Gasteiger partial charge on any atom is -0.496 e. The quantitative estimate of drug-likeness (QED) is 0.721. The highest BCUT2D eigenvalue weighted by atomic mass is 32.1. The van der Waals surface area contributed by atoms with Gasteiger partial charge in [0.25, 0.3) is 0 Å². The molecule has 2 heterocycles. The fourth-order valence-corrected chi connectivity index (χ4v) is 5.61. The predicted molar refractivity (Wildman–Crippen MR) is 114 cm³/mol. The number of aliphatic imine (C=N–C) groups is 1. The van der Waals surface area contributed by atoms with Crippen LogP contribution in [0.25, 0.3) is 5.57 Å². The zero-order valence-corrected chi connectivity index (χ0v) is 17.6. The second-order valence-corrected chi connectivity index (χ2v) is 8.58. The van der Waals surface area contributed by atoms with Crippen molar-refractivity contribution in [1.82, 2.24) is 4.98 Å². The van der Waals surface area contributed by atoms with Gasteiger partial charge in [0.2, 0.25) is 0 Å². The predicted octanol–water partition coefficient (Wildman–Crippen LogP) is 5.03. The third-order valence-corrected chi connectivity index (χ3v) is 6.93. The number of fused-ring (bicyclic) bond motifs is 1. The molecular formula is C23H22N4OS. The Morgan fingerprint density at radius 1 is 1.17 bits per heavy atom. The van der Waals surface area contributed by atoms with E-state index in [1.54, 1.807) is 30.6 Å². The van der Waals surface area contributed by atoms with Crippen LogP contribution in [0.15, 0.2) is 28.9 Å². The molecule has 2 atom stereocenters. The summed E-state index contributed by atoms with van der Waals surface area (Å²) in [6.45, 7) is 3.90. The Morgan fingerprint density at radius 2 is 1.97 bits per heavy atom. The number of methoxy groups -OCH3 is 1. The molecule has 0 fully saturated rings. The molecule has 1 aliphatic heterocycles. The van der Waals surface area contributed by atoms with Crippen LogP contribution in [0.4, 0.5) is 0 Å². The maximum atomic E-state index is 10.0. The smallest absolute Gasteiger partial charge is 0.124 e. The summed E-state index contributed by atoms with van der Waals surface area (Å²) < 4.78 is 5.63. The first-order chi connectivity index (χ1) is 14.1. The average molecular weight is 403 g/mol. The number of ether oxygens (including phenoxy) is 1. The van der Waals surface area contributed by atoms with Crippen LogP contribution in [-0.4, -0.2) is 17.8 Å². The van der Waals surface area contributed by atoms with Gasteiger partial charge in [-0.05, 0) is 51.7 Å². The summed E-state index contributed by atoms with van der Waals surface area (Å²) in [5.41, 5.74) is 5.33. The minimum atomic E-state index is -0.406. The van der Waals surface area contributed by atoms with Crippen LogP contribution in [0.1, 0.15) is 59.3 Å². The first-order valence-electron chi connectivity index (χ1n) is 9.80. The Labute approximate surface area is 175 Å². The molecule has 1 aliphatic carbocycles. The lowest BCUT2D eigenvalue weighted by Crippen LogP contribution is -2.25. The minimum absolute atomic E-state index is 0.229. The highest BCUT2D eigenvalue weighted by molar-refractivity contribution is 7.12. The molecule has 6 heteroatoms. The van der Waals surface area contributed by atoms with Crippen LogP contribution < -0.4 is 4.74 Å². The monoisotopic (exact) mass is 402 g/mol. The van der Waals surface area contributed by atoms with E-state index in [2.05, 4.69) is 12.1 Å². The van der Waals surface area contributed by atoms with Crippen LogP contribution in [-0.2, 0) is 12.8 Å². The van der Waals surface area contributed by atoms with E-state index in [-0.39, 0.29) is 5.92 Å². The van der Waals surface area contributed by atoms with Crippen molar-refractivity contribution >= 4 is 22.6 Å². The van der Waals surface area contributed by atoms with Crippen LogP contribution in [0.3, 0.4) is 0 Å². The molecule has 0 spiro atoms. The molecule has 4 rings (SSSR count). The number of benzene rings is 1. The molecule has 2 aliphatic rings. The fraction of sp³-hybridized carbons (Fsp3) is 0.391. The van der Waals surface area contributed by atoms with Crippen molar-refractivity contribution in [3.63, 3.8) is 0 Å². The van der Waals surface area contributed by atoms with Gasteiger partial charge in [-0.15, -0.1) is 11.3 Å². The molecule has 146 valence electrons. The van der Waals surface area contributed by atoms with E-state index in [4.69, 9.17) is 14.7 Å². The Balaban J connectivity index is 1.92. The summed E-state index contributed by atoms with van der Waals surface area (Å²) >= 11 is 1.74. The maximum absolute atomic E-state index is 10.0. The molecular weight excluding hydrogens is 380 g/mol. The molecule has 2 unspecified atom stereocenters. The zero-order chi connectivity index (χ0) is 20.5. The number of hydrogen-bond acceptors (Lipinski definition) is 6. The Hall–Kier alpha value is -2.96. The number of aryl methyl sites for hydroxylation is 2. The van der Waals surface area contributed by atoms with E-state index in [0.29, 0.717) is 11.3 Å². The number of nitriles is 2. The molecule has 0 radical (unpaired) electrons. The topological polar surface area (TPSA) is 82.1 Å². The average Bonchev–Trinajstić information content (AvgIpc) is 3.16.